The molecule has 0 radical (unpaired) electrons. The smallest absolute Gasteiger partial charge is 0.313 e. The van der Waals surface area contributed by atoms with Crippen LogP contribution in [0.4, 0.5) is 0 Å². The van der Waals surface area contributed by atoms with Crippen LogP contribution in [0.15, 0.2) is 41.5 Å². The lowest BCUT2D eigenvalue weighted by Crippen LogP contribution is -2.18. The number of aromatic nitrogens is 2. The van der Waals surface area contributed by atoms with E-state index in [-0.39, 0.29) is 11.4 Å². The van der Waals surface area contributed by atoms with Crippen LogP contribution in [-0.4, -0.2) is 9.55 Å². The number of hydrogen-bond acceptors (Lipinski definition) is 4. The summed E-state index contributed by atoms with van der Waals surface area (Å²) < 4.78 is 6.90. The second-order valence-electron chi connectivity index (χ2n) is 3.56. The SMILES string of the molecule is Cn1ccnc(Oc2ccccc2CN)c1=O. The number of rotatable bonds is 3. The number of aryl methyl sites for hydroxylation is 1. The Bertz CT molecular complexity index is 578. The molecule has 17 heavy (non-hydrogen) atoms. The van der Waals surface area contributed by atoms with Gasteiger partial charge in [-0.1, -0.05) is 18.2 Å². The molecule has 0 aliphatic heterocycles. The minimum absolute atomic E-state index is 0.0518. The Hall–Kier alpha value is -2.14. The van der Waals surface area contributed by atoms with E-state index in [4.69, 9.17) is 10.5 Å². The van der Waals surface area contributed by atoms with E-state index in [1.807, 2.05) is 18.2 Å². The third kappa shape index (κ3) is 2.34. The predicted octanol–water partition coefficient (Wildman–Crippen LogP) is 1.03. The van der Waals surface area contributed by atoms with E-state index in [9.17, 15) is 4.79 Å². The molecule has 5 heteroatoms. The first-order chi connectivity index (χ1) is 8.22. The van der Waals surface area contributed by atoms with Gasteiger partial charge in [0, 0.05) is 31.5 Å². The van der Waals surface area contributed by atoms with Crippen molar-refractivity contribution in [2.75, 3.05) is 0 Å². The van der Waals surface area contributed by atoms with Crippen molar-refractivity contribution in [3.8, 4) is 11.6 Å². The molecule has 0 atom stereocenters. The summed E-state index contributed by atoms with van der Waals surface area (Å²) in [5.74, 6) is 0.613. The predicted molar refractivity (Wildman–Crippen MR) is 63.9 cm³/mol. The minimum Gasteiger partial charge on any atom is -0.434 e. The van der Waals surface area contributed by atoms with Gasteiger partial charge < -0.3 is 15.0 Å². The van der Waals surface area contributed by atoms with Crippen molar-refractivity contribution in [1.29, 1.82) is 0 Å². The monoisotopic (exact) mass is 231 g/mol. The van der Waals surface area contributed by atoms with E-state index in [1.54, 1.807) is 19.3 Å². The van der Waals surface area contributed by atoms with Gasteiger partial charge in [-0.15, -0.1) is 0 Å². The molecule has 2 rings (SSSR count). The van der Waals surface area contributed by atoms with E-state index in [2.05, 4.69) is 4.98 Å². The summed E-state index contributed by atoms with van der Waals surface area (Å²) in [6, 6.07) is 7.30. The van der Waals surface area contributed by atoms with Gasteiger partial charge in [0.25, 0.3) is 5.88 Å². The summed E-state index contributed by atoms with van der Waals surface area (Å²) in [4.78, 5) is 15.6. The highest BCUT2D eigenvalue weighted by Gasteiger charge is 2.07. The van der Waals surface area contributed by atoms with Crippen molar-refractivity contribution in [2.45, 2.75) is 6.54 Å². The van der Waals surface area contributed by atoms with Crippen molar-refractivity contribution < 1.29 is 4.74 Å². The highest BCUT2D eigenvalue weighted by atomic mass is 16.5. The molecule has 0 fully saturated rings. The van der Waals surface area contributed by atoms with Crippen LogP contribution in [0.1, 0.15) is 5.56 Å². The second-order valence-corrected chi connectivity index (χ2v) is 3.56. The van der Waals surface area contributed by atoms with Crippen molar-refractivity contribution in [3.05, 3.63) is 52.6 Å². The molecule has 0 amide bonds. The van der Waals surface area contributed by atoms with Crippen LogP contribution in [0.3, 0.4) is 0 Å². The lowest BCUT2D eigenvalue weighted by molar-refractivity contribution is 0.443. The Morgan fingerprint density at radius 3 is 2.94 bits per heavy atom. The van der Waals surface area contributed by atoms with Gasteiger partial charge in [0.05, 0.1) is 0 Å². The Kier molecular flexibility index (Phi) is 3.20. The normalized spacial score (nSPS) is 10.2. The second kappa shape index (κ2) is 4.80. The largest absolute Gasteiger partial charge is 0.434 e. The van der Waals surface area contributed by atoms with Gasteiger partial charge in [-0.25, -0.2) is 4.98 Å². The Labute approximate surface area is 98.5 Å². The van der Waals surface area contributed by atoms with Gasteiger partial charge in [0.1, 0.15) is 5.75 Å². The first kappa shape index (κ1) is 11.3. The maximum Gasteiger partial charge on any atom is 0.313 e. The number of nitrogens with zero attached hydrogens (tertiary/aromatic N) is 2. The number of nitrogens with two attached hydrogens (primary N) is 1. The third-order valence-corrected chi connectivity index (χ3v) is 2.38. The molecule has 0 saturated heterocycles. The third-order valence-electron chi connectivity index (χ3n) is 2.38. The molecule has 1 heterocycles. The quantitative estimate of drug-likeness (QED) is 0.856. The standard InChI is InChI=1S/C12H13N3O2/c1-15-7-6-14-11(12(15)16)17-10-5-3-2-4-9(10)8-13/h2-7H,8,13H2,1H3. The van der Waals surface area contributed by atoms with Crippen molar-refractivity contribution in [1.82, 2.24) is 9.55 Å². The van der Waals surface area contributed by atoms with Gasteiger partial charge in [-0.3, -0.25) is 4.79 Å². The number of ether oxygens (including phenoxy) is 1. The van der Waals surface area contributed by atoms with E-state index in [1.165, 1.54) is 10.8 Å². The molecular weight excluding hydrogens is 218 g/mol. The van der Waals surface area contributed by atoms with Crippen molar-refractivity contribution >= 4 is 0 Å². The highest BCUT2D eigenvalue weighted by Crippen LogP contribution is 2.21. The van der Waals surface area contributed by atoms with Crippen LogP contribution >= 0.6 is 0 Å². The van der Waals surface area contributed by atoms with Gasteiger partial charge in [-0.2, -0.15) is 0 Å². The molecule has 1 aromatic heterocycles. The summed E-state index contributed by atoms with van der Waals surface area (Å²) in [7, 11) is 1.64. The van der Waals surface area contributed by atoms with E-state index in [0.29, 0.717) is 12.3 Å². The van der Waals surface area contributed by atoms with Crippen LogP contribution in [0.5, 0.6) is 11.6 Å². The van der Waals surface area contributed by atoms with Gasteiger partial charge in [0.2, 0.25) is 0 Å². The molecule has 0 bridgehead atoms. The average Bonchev–Trinajstić information content (AvgIpc) is 2.35. The fourth-order valence-electron chi connectivity index (χ4n) is 1.42. The molecule has 0 unspecified atom stereocenters. The molecule has 88 valence electrons. The fourth-order valence-corrected chi connectivity index (χ4v) is 1.42. The molecule has 0 aliphatic rings. The van der Waals surface area contributed by atoms with Crippen LogP contribution in [0, 0.1) is 0 Å². The highest BCUT2D eigenvalue weighted by molar-refractivity contribution is 5.35. The molecule has 2 aromatic rings. The van der Waals surface area contributed by atoms with Gasteiger partial charge in [0.15, 0.2) is 0 Å². The fraction of sp³-hybridized carbons (Fsp3) is 0.167. The summed E-state index contributed by atoms with van der Waals surface area (Å²) in [6.45, 7) is 0.351. The van der Waals surface area contributed by atoms with Crippen LogP contribution < -0.4 is 16.0 Å². The van der Waals surface area contributed by atoms with Crippen molar-refractivity contribution in [3.63, 3.8) is 0 Å². The van der Waals surface area contributed by atoms with Crippen LogP contribution in [0.2, 0.25) is 0 Å². The van der Waals surface area contributed by atoms with Gasteiger partial charge >= 0.3 is 5.56 Å². The Balaban J connectivity index is 2.38. The Morgan fingerprint density at radius 1 is 1.41 bits per heavy atom. The topological polar surface area (TPSA) is 70.1 Å². The first-order valence-electron chi connectivity index (χ1n) is 5.20. The molecule has 5 nitrogen and oxygen atoms in total. The van der Waals surface area contributed by atoms with Crippen molar-refractivity contribution in [2.24, 2.45) is 12.8 Å². The molecule has 0 saturated carbocycles. The number of para-hydroxylation sites is 1. The zero-order chi connectivity index (χ0) is 12.3. The Morgan fingerprint density at radius 2 is 2.18 bits per heavy atom. The molecule has 1 aromatic carbocycles. The van der Waals surface area contributed by atoms with E-state index < -0.39 is 0 Å². The molecule has 0 aliphatic carbocycles. The van der Waals surface area contributed by atoms with E-state index in [0.717, 1.165) is 5.56 Å². The van der Waals surface area contributed by atoms with E-state index >= 15 is 0 Å². The zero-order valence-electron chi connectivity index (χ0n) is 9.46. The summed E-state index contributed by atoms with van der Waals surface area (Å²) >= 11 is 0. The number of hydrogen-bond donors (Lipinski definition) is 1. The lowest BCUT2D eigenvalue weighted by atomic mass is 10.2. The summed E-state index contributed by atoms with van der Waals surface area (Å²) in [6.07, 6.45) is 3.09. The molecule has 0 spiro atoms. The average molecular weight is 231 g/mol. The van der Waals surface area contributed by atoms with Gasteiger partial charge in [-0.05, 0) is 6.07 Å². The van der Waals surface area contributed by atoms with Crippen LogP contribution in [0.25, 0.3) is 0 Å². The maximum atomic E-state index is 11.7. The zero-order valence-corrected chi connectivity index (χ0v) is 9.46. The van der Waals surface area contributed by atoms with Crippen LogP contribution in [-0.2, 0) is 13.6 Å². The number of benzene rings is 1. The molecular formula is C12H13N3O2. The maximum absolute atomic E-state index is 11.7. The lowest BCUT2D eigenvalue weighted by Gasteiger charge is -2.08. The minimum atomic E-state index is -0.278. The molecule has 2 N–H and O–H groups in total. The first-order valence-corrected chi connectivity index (χ1v) is 5.20. The summed E-state index contributed by atoms with van der Waals surface area (Å²) in [5.41, 5.74) is 6.14. The summed E-state index contributed by atoms with van der Waals surface area (Å²) in [5, 5.41) is 0.